The van der Waals surface area contributed by atoms with Crippen LogP contribution in [0.3, 0.4) is 0 Å². The van der Waals surface area contributed by atoms with Gasteiger partial charge in [-0.05, 0) is 58.7 Å². The van der Waals surface area contributed by atoms with E-state index in [9.17, 15) is 9.90 Å². The smallest absolute Gasteiger partial charge is 0.335 e. The molecule has 3 aromatic rings. The largest absolute Gasteiger partial charge is 0.478 e. The number of hydrogen-bond donors (Lipinski definition) is 3. The highest BCUT2D eigenvalue weighted by Gasteiger charge is 2.23. The average Bonchev–Trinajstić information content (AvgIpc) is 2.80. The van der Waals surface area contributed by atoms with Crippen LogP contribution in [0.1, 0.15) is 73.3 Å². The second-order valence-electron chi connectivity index (χ2n) is 10.6. The molecule has 4 heteroatoms. The predicted octanol–water partition coefficient (Wildman–Crippen LogP) is 7.47. The summed E-state index contributed by atoms with van der Waals surface area (Å²) in [6.07, 6.45) is 2.76. The Morgan fingerprint density at radius 1 is 1.00 bits per heavy atom. The fourth-order valence-electron chi connectivity index (χ4n) is 3.93. The lowest BCUT2D eigenvalue weighted by Crippen LogP contribution is -2.19. The van der Waals surface area contributed by atoms with E-state index in [-0.39, 0.29) is 11.0 Å². The fourth-order valence-corrected chi connectivity index (χ4v) is 3.93. The minimum atomic E-state index is -0.954. The van der Waals surface area contributed by atoms with Gasteiger partial charge in [0.2, 0.25) is 0 Å². The van der Waals surface area contributed by atoms with Crippen LogP contribution in [-0.4, -0.2) is 22.7 Å². The van der Waals surface area contributed by atoms with Crippen LogP contribution in [0.2, 0.25) is 0 Å². The number of hydrogen-bond acceptors (Lipinski definition) is 3. The molecule has 3 N–H and O–H groups in total. The Morgan fingerprint density at radius 2 is 1.63 bits per heavy atom. The first-order chi connectivity index (χ1) is 16.5. The van der Waals surface area contributed by atoms with Gasteiger partial charge in [0.1, 0.15) is 0 Å². The second kappa shape index (κ2) is 10.9. The maximum atomic E-state index is 11.1. The monoisotopic (exact) mass is 471 g/mol. The highest BCUT2D eigenvalue weighted by molar-refractivity contribution is 5.87. The van der Waals surface area contributed by atoms with Gasteiger partial charge in [-0.1, -0.05) is 94.8 Å². The van der Waals surface area contributed by atoms with Gasteiger partial charge in [0.15, 0.2) is 0 Å². The lowest BCUT2D eigenvalue weighted by Gasteiger charge is -2.28. The van der Waals surface area contributed by atoms with E-state index in [0.717, 1.165) is 40.0 Å². The first kappa shape index (κ1) is 26.2. The normalized spacial score (nSPS) is 12.8. The molecule has 0 aromatic heterocycles. The summed E-state index contributed by atoms with van der Waals surface area (Å²) in [5.41, 5.74) is 7.41. The zero-order valence-corrected chi connectivity index (χ0v) is 21.6. The summed E-state index contributed by atoms with van der Waals surface area (Å²) in [6.45, 7) is 13.9. The summed E-state index contributed by atoms with van der Waals surface area (Å²) in [5.74, 6) is -0.459. The third kappa shape index (κ3) is 6.83. The molecular weight excluding hydrogens is 434 g/mol. The Bertz CT molecular complexity index is 1180. The summed E-state index contributed by atoms with van der Waals surface area (Å²) in [6, 6.07) is 19.3. The van der Waals surface area contributed by atoms with Gasteiger partial charge in [0.05, 0.1) is 11.7 Å². The summed E-state index contributed by atoms with van der Waals surface area (Å²) < 4.78 is 0. The minimum Gasteiger partial charge on any atom is -0.478 e. The molecule has 0 radical (unpaired) electrons. The quantitative estimate of drug-likeness (QED) is 0.319. The molecule has 0 amide bonds. The molecule has 3 rings (SSSR count). The molecule has 0 saturated heterocycles. The highest BCUT2D eigenvalue weighted by Crippen LogP contribution is 2.40. The molecule has 4 nitrogen and oxygen atoms in total. The van der Waals surface area contributed by atoms with E-state index in [4.69, 9.17) is 5.11 Å². The van der Waals surface area contributed by atoms with Gasteiger partial charge < -0.3 is 15.5 Å². The van der Waals surface area contributed by atoms with E-state index in [0.29, 0.717) is 5.92 Å². The van der Waals surface area contributed by atoms with Gasteiger partial charge in [-0.25, -0.2) is 4.79 Å². The third-order valence-electron chi connectivity index (χ3n) is 5.99. The minimum absolute atomic E-state index is 0.134. The lowest BCUT2D eigenvalue weighted by atomic mass is 9.81. The van der Waals surface area contributed by atoms with Crippen molar-refractivity contribution in [3.63, 3.8) is 0 Å². The summed E-state index contributed by atoms with van der Waals surface area (Å²) in [4.78, 5) is 11.1. The molecule has 0 bridgehead atoms. The molecule has 0 aliphatic heterocycles. The molecular formula is C31H37NO3. The van der Waals surface area contributed by atoms with Crippen molar-refractivity contribution >= 4 is 17.7 Å². The number of aliphatic hydroxyl groups excluding tert-OH is 1. The molecule has 0 saturated carbocycles. The standard InChI is InChI=1S/C31H37NO3/c1-20(2)19-32-29-26(23-12-7-21(3)8-13-23)17-25(18-27(29)31(4,5)6)28(33)16-11-22-9-14-24(15-10-22)30(34)35/h7-18,20,28,32-33H,19H2,1-6H3,(H,34,35)/b16-11+. The van der Waals surface area contributed by atoms with Crippen LogP contribution in [0.5, 0.6) is 0 Å². The Morgan fingerprint density at radius 3 is 2.17 bits per heavy atom. The number of anilines is 1. The van der Waals surface area contributed by atoms with Crippen molar-refractivity contribution in [1.82, 2.24) is 0 Å². The zero-order valence-electron chi connectivity index (χ0n) is 21.6. The number of aromatic carboxylic acids is 1. The Kier molecular flexibility index (Phi) is 8.18. The number of carboxylic acid groups (broad SMARTS) is 1. The van der Waals surface area contributed by atoms with Gasteiger partial charge >= 0.3 is 5.97 Å². The predicted molar refractivity (Wildman–Crippen MR) is 146 cm³/mol. The van der Waals surface area contributed by atoms with Crippen LogP contribution in [0, 0.1) is 12.8 Å². The molecule has 3 aromatic carbocycles. The maximum Gasteiger partial charge on any atom is 0.335 e. The van der Waals surface area contributed by atoms with Crippen molar-refractivity contribution in [3.05, 3.63) is 94.6 Å². The van der Waals surface area contributed by atoms with Crippen molar-refractivity contribution in [2.24, 2.45) is 5.92 Å². The SMILES string of the molecule is Cc1ccc(-c2cc(C(O)/C=C/c3ccc(C(=O)O)cc3)cc(C(C)(C)C)c2NCC(C)C)cc1. The van der Waals surface area contributed by atoms with Crippen molar-refractivity contribution in [1.29, 1.82) is 0 Å². The lowest BCUT2D eigenvalue weighted by molar-refractivity contribution is 0.0697. The van der Waals surface area contributed by atoms with Crippen LogP contribution in [0.25, 0.3) is 17.2 Å². The van der Waals surface area contributed by atoms with Crippen molar-refractivity contribution in [3.8, 4) is 11.1 Å². The van der Waals surface area contributed by atoms with Crippen LogP contribution >= 0.6 is 0 Å². The number of carboxylic acids is 1. The summed E-state index contributed by atoms with van der Waals surface area (Å²) >= 11 is 0. The molecule has 0 aliphatic carbocycles. The number of rotatable bonds is 8. The van der Waals surface area contributed by atoms with Crippen molar-refractivity contribution < 1.29 is 15.0 Å². The Hall–Kier alpha value is -3.37. The van der Waals surface area contributed by atoms with Crippen molar-refractivity contribution in [2.45, 2.75) is 53.1 Å². The summed E-state index contributed by atoms with van der Waals surface area (Å²) in [5, 5.41) is 23.9. The van der Waals surface area contributed by atoms with Gasteiger partial charge in [-0.15, -0.1) is 0 Å². The van der Waals surface area contributed by atoms with Gasteiger partial charge in [0, 0.05) is 17.8 Å². The van der Waals surface area contributed by atoms with Gasteiger partial charge in [0.25, 0.3) is 0 Å². The molecule has 1 atom stereocenters. The first-order valence-electron chi connectivity index (χ1n) is 12.1. The molecule has 0 heterocycles. The number of nitrogens with one attached hydrogen (secondary N) is 1. The topological polar surface area (TPSA) is 69.6 Å². The zero-order chi connectivity index (χ0) is 25.8. The van der Waals surface area contributed by atoms with Gasteiger partial charge in [-0.3, -0.25) is 0 Å². The Balaban J connectivity index is 2.07. The molecule has 184 valence electrons. The molecule has 1 unspecified atom stereocenters. The fraction of sp³-hybridized carbons (Fsp3) is 0.323. The van der Waals surface area contributed by atoms with E-state index in [1.165, 1.54) is 5.56 Å². The van der Waals surface area contributed by atoms with E-state index in [1.807, 2.05) is 6.08 Å². The van der Waals surface area contributed by atoms with Crippen LogP contribution < -0.4 is 5.32 Å². The second-order valence-corrected chi connectivity index (χ2v) is 10.6. The number of benzene rings is 3. The number of carbonyl (C=O) groups is 1. The van der Waals surface area contributed by atoms with E-state index in [2.05, 4.69) is 83.3 Å². The number of aryl methyl sites for hydroxylation is 1. The van der Waals surface area contributed by atoms with E-state index < -0.39 is 12.1 Å². The number of aliphatic hydroxyl groups is 1. The van der Waals surface area contributed by atoms with Crippen molar-refractivity contribution in [2.75, 3.05) is 11.9 Å². The Labute approximate surface area is 209 Å². The first-order valence-corrected chi connectivity index (χ1v) is 12.1. The molecule has 35 heavy (non-hydrogen) atoms. The average molecular weight is 472 g/mol. The van der Waals surface area contributed by atoms with Crippen LogP contribution in [-0.2, 0) is 5.41 Å². The van der Waals surface area contributed by atoms with E-state index >= 15 is 0 Å². The molecule has 0 aliphatic rings. The van der Waals surface area contributed by atoms with Crippen LogP contribution in [0.15, 0.2) is 66.7 Å². The maximum absolute atomic E-state index is 11.1. The van der Waals surface area contributed by atoms with E-state index in [1.54, 1.807) is 30.3 Å². The van der Waals surface area contributed by atoms with Crippen LogP contribution in [0.4, 0.5) is 5.69 Å². The summed E-state index contributed by atoms with van der Waals surface area (Å²) in [7, 11) is 0. The molecule has 0 fully saturated rings. The highest BCUT2D eigenvalue weighted by atomic mass is 16.4. The molecule has 0 spiro atoms. The van der Waals surface area contributed by atoms with Gasteiger partial charge in [-0.2, -0.15) is 0 Å². The third-order valence-corrected chi connectivity index (χ3v) is 5.99.